The molecule has 1 fully saturated rings. The summed E-state index contributed by atoms with van der Waals surface area (Å²) in [5.41, 5.74) is 1.28. The monoisotopic (exact) mass is 296 g/mol. The molecule has 0 radical (unpaired) electrons. The lowest BCUT2D eigenvalue weighted by molar-refractivity contribution is 0.0903. The molecule has 0 heterocycles. The van der Waals surface area contributed by atoms with Gasteiger partial charge in [-0.05, 0) is 49.3 Å². The number of halogens is 1. The molecule has 1 aromatic carbocycles. The molecule has 2 rings (SSSR count). The maximum atomic E-state index is 6.18. The number of benzene rings is 1. The summed E-state index contributed by atoms with van der Waals surface area (Å²) in [5, 5.41) is 0.895. The van der Waals surface area contributed by atoms with Crippen LogP contribution in [0, 0.1) is 5.92 Å². The van der Waals surface area contributed by atoms with Gasteiger partial charge in [-0.1, -0.05) is 41.4 Å². The molecule has 1 nitrogen and oxygen atoms in total. The van der Waals surface area contributed by atoms with Crippen LogP contribution in [-0.4, -0.2) is 6.10 Å². The smallest absolute Gasteiger partial charge is 0.120 e. The largest absolute Gasteiger partial charge is 0.490 e. The molecule has 94 valence electrons. The van der Waals surface area contributed by atoms with Gasteiger partial charge in [0.05, 0.1) is 0 Å². The van der Waals surface area contributed by atoms with E-state index >= 15 is 0 Å². The van der Waals surface area contributed by atoms with E-state index in [9.17, 15) is 0 Å². The molecule has 1 aliphatic rings. The third-order valence-electron chi connectivity index (χ3n) is 3.70. The Bertz CT molecular complexity index is 351. The second kappa shape index (κ2) is 6.44. The lowest BCUT2D eigenvalue weighted by Crippen LogP contribution is -2.29. The van der Waals surface area contributed by atoms with E-state index in [1.54, 1.807) is 0 Å². The van der Waals surface area contributed by atoms with Crippen LogP contribution in [0.4, 0.5) is 0 Å². The normalized spacial score (nSPS) is 24.6. The highest BCUT2D eigenvalue weighted by Gasteiger charge is 2.25. The Morgan fingerprint density at radius 3 is 2.88 bits per heavy atom. The van der Waals surface area contributed by atoms with Crippen molar-refractivity contribution in [2.75, 3.05) is 0 Å². The molecule has 2 unspecified atom stereocenters. The van der Waals surface area contributed by atoms with Gasteiger partial charge in [-0.3, -0.25) is 0 Å². The van der Waals surface area contributed by atoms with Crippen molar-refractivity contribution in [2.24, 2.45) is 5.92 Å². The van der Waals surface area contributed by atoms with E-state index < -0.39 is 0 Å². The van der Waals surface area contributed by atoms with Crippen molar-refractivity contribution in [3.8, 4) is 5.75 Å². The first-order valence-electron chi connectivity index (χ1n) is 6.65. The summed E-state index contributed by atoms with van der Waals surface area (Å²) in [4.78, 5) is 0. The topological polar surface area (TPSA) is 9.23 Å². The standard InChI is InChI=1S/C15H21BrO/c1-2-13-7-3-4-9-15(13)17-14-8-5-6-12(10-14)11-16/h5-6,8,10,13,15H,2-4,7,9,11H2,1H3. The quantitative estimate of drug-likeness (QED) is 0.716. The molecule has 17 heavy (non-hydrogen) atoms. The van der Waals surface area contributed by atoms with Gasteiger partial charge >= 0.3 is 0 Å². The highest BCUT2D eigenvalue weighted by Crippen LogP contribution is 2.30. The molecule has 0 spiro atoms. The summed E-state index contributed by atoms with van der Waals surface area (Å²) in [7, 11) is 0. The van der Waals surface area contributed by atoms with Gasteiger partial charge in [0.15, 0.2) is 0 Å². The highest BCUT2D eigenvalue weighted by atomic mass is 79.9. The Kier molecular flexibility index (Phi) is 4.90. The van der Waals surface area contributed by atoms with Crippen LogP contribution in [0.3, 0.4) is 0 Å². The number of alkyl halides is 1. The molecule has 2 heteroatoms. The predicted octanol–water partition coefficient (Wildman–Crippen LogP) is 4.93. The zero-order valence-electron chi connectivity index (χ0n) is 10.5. The van der Waals surface area contributed by atoms with E-state index in [2.05, 4.69) is 47.1 Å². The fourth-order valence-electron chi connectivity index (χ4n) is 2.67. The third-order valence-corrected chi connectivity index (χ3v) is 4.35. The van der Waals surface area contributed by atoms with E-state index in [4.69, 9.17) is 4.74 Å². The molecule has 0 aliphatic heterocycles. The van der Waals surface area contributed by atoms with E-state index in [0.717, 1.165) is 17.0 Å². The Hall–Kier alpha value is -0.500. The van der Waals surface area contributed by atoms with E-state index in [0.29, 0.717) is 6.10 Å². The first-order valence-corrected chi connectivity index (χ1v) is 7.77. The maximum Gasteiger partial charge on any atom is 0.120 e. The summed E-state index contributed by atoms with van der Waals surface area (Å²) in [6.45, 7) is 2.28. The summed E-state index contributed by atoms with van der Waals surface area (Å²) in [6.07, 6.45) is 6.91. The van der Waals surface area contributed by atoms with E-state index in [1.165, 1.54) is 37.7 Å². The first-order chi connectivity index (χ1) is 8.33. The van der Waals surface area contributed by atoms with Crippen LogP contribution in [0.15, 0.2) is 24.3 Å². The number of rotatable bonds is 4. The van der Waals surface area contributed by atoms with Crippen molar-refractivity contribution in [1.29, 1.82) is 0 Å². The number of ether oxygens (including phenoxy) is 1. The van der Waals surface area contributed by atoms with Crippen molar-refractivity contribution in [3.05, 3.63) is 29.8 Å². The molecule has 0 bridgehead atoms. The van der Waals surface area contributed by atoms with Crippen molar-refractivity contribution in [2.45, 2.75) is 50.5 Å². The van der Waals surface area contributed by atoms with Gasteiger partial charge in [0, 0.05) is 5.33 Å². The molecule has 0 N–H and O–H groups in total. The van der Waals surface area contributed by atoms with E-state index in [1.807, 2.05) is 0 Å². The minimum Gasteiger partial charge on any atom is -0.490 e. The molecular weight excluding hydrogens is 276 g/mol. The molecule has 0 amide bonds. The van der Waals surface area contributed by atoms with Crippen molar-refractivity contribution in [3.63, 3.8) is 0 Å². The SMILES string of the molecule is CCC1CCCCC1Oc1cccc(CBr)c1. The summed E-state index contributed by atoms with van der Waals surface area (Å²) >= 11 is 3.49. The van der Waals surface area contributed by atoms with Gasteiger partial charge < -0.3 is 4.74 Å². The van der Waals surface area contributed by atoms with Crippen LogP contribution in [0.2, 0.25) is 0 Å². The average Bonchev–Trinajstić information content (AvgIpc) is 2.39. The van der Waals surface area contributed by atoms with Crippen molar-refractivity contribution in [1.82, 2.24) is 0 Å². The Morgan fingerprint density at radius 2 is 2.12 bits per heavy atom. The zero-order valence-corrected chi connectivity index (χ0v) is 12.1. The fourth-order valence-corrected chi connectivity index (χ4v) is 3.02. The first kappa shape index (κ1) is 12.9. The third kappa shape index (κ3) is 3.48. The van der Waals surface area contributed by atoms with Crippen LogP contribution >= 0.6 is 15.9 Å². The summed E-state index contributed by atoms with van der Waals surface area (Å²) in [6, 6.07) is 8.43. The van der Waals surface area contributed by atoms with Gasteiger partial charge in [0.2, 0.25) is 0 Å². The van der Waals surface area contributed by atoms with Crippen LogP contribution < -0.4 is 4.74 Å². The predicted molar refractivity (Wildman–Crippen MR) is 75.7 cm³/mol. The van der Waals surface area contributed by atoms with Gasteiger partial charge in [-0.15, -0.1) is 0 Å². The Balaban J connectivity index is 2.02. The van der Waals surface area contributed by atoms with Crippen LogP contribution in [0.5, 0.6) is 5.75 Å². The molecule has 1 aliphatic carbocycles. The maximum absolute atomic E-state index is 6.18. The van der Waals surface area contributed by atoms with Gasteiger partial charge in [0.25, 0.3) is 0 Å². The van der Waals surface area contributed by atoms with E-state index in [-0.39, 0.29) is 0 Å². The fraction of sp³-hybridized carbons (Fsp3) is 0.600. The Labute approximate surface area is 113 Å². The number of hydrogen-bond donors (Lipinski definition) is 0. The summed E-state index contributed by atoms with van der Waals surface area (Å²) < 4.78 is 6.18. The minimum atomic E-state index is 0.430. The molecule has 0 saturated heterocycles. The second-order valence-electron chi connectivity index (χ2n) is 4.89. The average molecular weight is 297 g/mol. The lowest BCUT2D eigenvalue weighted by atomic mass is 9.85. The molecule has 1 aromatic rings. The minimum absolute atomic E-state index is 0.430. The highest BCUT2D eigenvalue weighted by molar-refractivity contribution is 9.08. The van der Waals surface area contributed by atoms with Crippen LogP contribution in [0.1, 0.15) is 44.6 Å². The molecular formula is C15H21BrO. The molecule has 2 atom stereocenters. The molecule has 0 aromatic heterocycles. The second-order valence-corrected chi connectivity index (χ2v) is 5.45. The Morgan fingerprint density at radius 1 is 1.29 bits per heavy atom. The lowest BCUT2D eigenvalue weighted by Gasteiger charge is -2.31. The zero-order chi connectivity index (χ0) is 12.1. The van der Waals surface area contributed by atoms with Crippen LogP contribution in [-0.2, 0) is 5.33 Å². The van der Waals surface area contributed by atoms with Gasteiger partial charge in [-0.25, -0.2) is 0 Å². The summed E-state index contributed by atoms with van der Waals surface area (Å²) in [5.74, 6) is 1.78. The van der Waals surface area contributed by atoms with Gasteiger partial charge in [-0.2, -0.15) is 0 Å². The van der Waals surface area contributed by atoms with Gasteiger partial charge in [0.1, 0.15) is 11.9 Å². The number of hydrogen-bond acceptors (Lipinski definition) is 1. The van der Waals surface area contributed by atoms with Crippen molar-refractivity contribution >= 4 is 15.9 Å². The van der Waals surface area contributed by atoms with Crippen LogP contribution in [0.25, 0.3) is 0 Å². The molecule has 1 saturated carbocycles. The van der Waals surface area contributed by atoms with Crippen molar-refractivity contribution < 1.29 is 4.74 Å².